The number of unbranched alkanes of at least 4 members (excludes halogenated alkanes) is 4. The van der Waals surface area contributed by atoms with E-state index in [4.69, 9.17) is 0 Å². The SMILES string of the molecule is CCCCCCC1(CCCC)c2cc(C)ccc2-c2ccc(N(C)C3C=CC=C(c4ccc5c(c4)CC5)C3)cc21. The predicted molar refractivity (Wildman–Crippen MR) is 173 cm³/mol. The van der Waals surface area contributed by atoms with Gasteiger partial charge in [0.15, 0.2) is 0 Å². The van der Waals surface area contributed by atoms with Gasteiger partial charge in [0.05, 0.1) is 6.04 Å². The van der Waals surface area contributed by atoms with E-state index in [0.29, 0.717) is 6.04 Å². The number of rotatable bonds is 11. The summed E-state index contributed by atoms with van der Waals surface area (Å²) in [6, 6.07) is 22.1. The third-order valence-electron chi connectivity index (χ3n) is 10.1. The first kappa shape index (κ1) is 27.1. The highest BCUT2D eigenvalue weighted by Crippen LogP contribution is 2.55. The monoisotopic (exact) mass is 529 g/mol. The van der Waals surface area contributed by atoms with Gasteiger partial charge in [0, 0.05) is 18.2 Å². The standard InChI is InChI=1S/C39H47N/c1-5-7-9-10-23-39(22-8-6-2)37-24-28(3)14-20-35(37)36-21-19-34(27-38(36)39)40(4)33-13-11-12-30(26-33)32-18-16-29-15-17-31(29)25-32/h11-14,16,18-21,24-25,27,33H,5-10,15,17,22-23,26H2,1-4H3. The van der Waals surface area contributed by atoms with Crippen LogP contribution in [-0.2, 0) is 18.3 Å². The molecule has 0 saturated carbocycles. The lowest BCUT2D eigenvalue weighted by atomic mass is 9.70. The summed E-state index contributed by atoms with van der Waals surface area (Å²) in [4.78, 5) is 2.53. The Morgan fingerprint density at radius 1 is 0.775 bits per heavy atom. The average Bonchev–Trinajstić information content (AvgIpc) is 3.22. The second-order valence-corrected chi connectivity index (χ2v) is 12.7. The van der Waals surface area contributed by atoms with Crippen LogP contribution in [0.1, 0.15) is 105 Å². The molecule has 1 nitrogen and oxygen atoms in total. The molecule has 3 aromatic carbocycles. The lowest BCUT2D eigenvalue weighted by molar-refractivity contribution is 0.407. The maximum atomic E-state index is 2.58. The smallest absolute Gasteiger partial charge is 0.0513 e. The number of nitrogens with zero attached hydrogens (tertiary/aromatic N) is 1. The number of anilines is 1. The van der Waals surface area contributed by atoms with E-state index >= 15 is 0 Å². The molecule has 6 rings (SSSR count). The van der Waals surface area contributed by atoms with E-state index < -0.39 is 0 Å². The molecule has 40 heavy (non-hydrogen) atoms. The van der Waals surface area contributed by atoms with Crippen molar-refractivity contribution >= 4 is 11.3 Å². The zero-order valence-corrected chi connectivity index (χ0v) is 25.2. The Morgan fingerprint density at radius 2 is 1.52 bits per heavy atom. The topological polar surface area (TPSA) is 3.24 Å². The second-order valence-electron chi connectivity index (χ2n) is 12.7. The van der Waals surface area contributed by atoms with Crippen molar-refractivity contribution in [1.29, 1.82) is 0 Å². The fourth-order valence-corrected chi connectivity index (χ4v) is 7.54. The van der Waals surface area contributed by atoms with Gasteiger partial charge in [-0.15, -0.1) is 0 Å². The number of aryl methyl sites for hydroxylation is 3. The minimum atomic E-state index is 0.136. The first-order valence-electron chi connectivity index (χ1n) is 16.0. The molecule has 0 aliphatic heterocycles. The fourth-order valence-electron chi connectivity index (χ4n) is 7.54. The Kier molecular flexibility index (Phi) is 7.76. The predicted octanol–water partition coefficient (Wildman–Crippen LogP) is 10.4. The summed E-state index contributed by atoms with van der Waals surface area (Å²) in [7, 11) is 2.30. The van der Waals surface area contributed by atoms with Gasteiger partial charge in [-0.3, -0.25) is 0 Å². The highest BCUT2D eigenvalue weighted by Gasteiger charge is 2.42. The first-order valence-corrected chi connectivity index (χ1v) is 16.0. The third kappa shape index (κ3) is 4.87. The Labute approximate surface area is 243 Å². The Hall–Kier alpha value is -3.06. The van der Waals surface area contributed by atoms with Gasteiger partial charge in [0.25, 0.3) is 0 Å². The highest BCUT2D eigenvalue weighted by molar-refractivity contribution is 5.83. The van der Waals surface area contributed by atoms with E-state index in [-0.39, 0.29) is 5.41 Å². The lowest BCUT2D eigenvalue weighted by Gasteiger charge is -2.35. The van der Waals surface area contributed by atoms with Crippen molar-refractivity contribution in [3.8, 4) is 11.1 Å². The van der Waals surface area contributed by atoms with Crippen LogP contribution in [-0.4, -0.2) is 13.1 Å². The van der Waals surface area contributed by atoms with Crippen LogP contribution in [0.2, 0.25) is 0 Å². The number of allylic oxidation sites excluding steroid dienone is 2. The van der Waals surface area contributed by atoms with Gasteiger partial charge >= 0.3 is 0 Å². The molecule has 0 amide bonds. The maximum Gasteiger partial charge on any atom is 0.0513 e. The largest absolute Gasteiger partial charge is 0.368 e. The van der Waals surface area contributed by atoms with E-state index in [1.165, 1.54) is 97.7 Å². The summed E-state index contributed by atoms with van der Waals surface area (Å²) in [6.07, 6.45) is 20.9. The molecular weight excluding hydrogens is 482 g/mol. The molecule has 0 aromatic heterocycles. The zero-order chi connectivity index (χ0) is 27.7. The van der Waals surface area contributed by atoms with E-state index in [1.807, 2.05) is 0 Å². The first-order chi connectivity index (χ1) is 19.5. The minimum absolute atomic E-state index is 0.136. The van der Waals surface area contributed by atoms with E-state index in [2.05, 4.69) is 106 Å². The van der Waals surface area contributed by atoms with Crippen LogP contribution in [0.25, 0.3) is 16.7 Å². The zero-order valence-electron chi connectivity index (χ0n) is 25.2. The minimum Gasteiger partial charge on any atom is -0.368 e. The molecule has 0 heterocycles. The maximum absolute atomic E-state index is 2.58. The van der Waals surface area contributed by atoms with E-state index in [1.54, 1.807) is 22.3 Å². The summed E-state index contributed by atoms with van der Waals surface area (Å²) < 4.78 is 0. The molecular formula is C39H47N. The number of hydrogen-bond acceptors (Lipinski definition) is 1. The fraction of sp³-hybridized carbons (Fsp3) is 0.436. The molecule has 2 unspecified atom stereocenters. The molecule has 0 bridgehead atoms. The van der Waals surface area contributed by atoms with Crippen LogP contribution in [0.5, 0.6) is 0 Å². The highest BCUT2D eigenvalue weighted by atomic mass is 15.1. The van der Waals surface area contributed by atoms with Crippen LogP contribution < -0.4 is 4.90 Å². The van der Waals surface area contributed by atoms with Crippen molar-refractivity contribution in [1.82, 2.24) is 0 Å². The second kappa shape index (κ2) is 11.4. The van der Waals surface area contributed by atoms with Gasteiger partial charge in [0.2, 0.25) is 0 Å². The van der Waals surface area contributed by atoms with Gasteiger partial charge < -0.3 is 4.90 Å². The van der Waals surface area contributed by atoms with Crippen molar-refractivity contribution < 1.29 is 0 Å². The summed E-state index contributed by atoms with van der Waals surface area (Å²) >= 11 is 0. The molecule has 0 radical (unpaired) electrons. The van der Waals surface area contributed by atoms with Crippen molar-refractivity contribution in [3.63, 3.8) is 0 Å². The summed E-state index contributed by atoms with van der Waals surface area (Å²) in [6.45, 7) is 6.94. The van der Waals surface area contributed by atoms with Crippen LogP contribution in [0.3, 0.4) is 0 Å². The normalized spacial score (nSPS) is 20.4. The van der Waals surface area contributed by atoms with Crippen molar-refractivity contribution in [2.75, 3.05) is 11.9 Å². The Morgan fingerprint density at radius 3 is 2.27 bits per heavy atom. The number of fused-ring (bicyclic) bond motifs is 4. The van der Waals surface area contributed by atoms with Crippen LogP contribution in [0.4, 0.5) is 5.69 Å². The number of likely N-dealkylation sites (N-methyl/N-ethyl adjacent to an activating group) is 1. The molecule has 0 saturated heterocycles. The van der Waals surface area contributed by atoms with Crippen molar-refractivity contribution in [2.24, 2.45) is 0 Å². The molecule has 0 spiro atoms. The molecule has 3 aliphatic rings. The molecule has 1 heteroatoms. The molecule has 0 N–H and O–H groups in total. The van der Waals surface area contributed by atoms with Gasteiger partial charge in [-0.05, 0) is 95.7 Å². The van der Waals surface area contributed by atoms with Crippen LogP contribution in [0, 0.1) is 6.92 Å². The quantitative estimate of drug-likeness (QED) is 0.223. The summed E-state index contributed by atoms with van der Waals surface area (Å²) in [5.41, 5.74) is 15.0. The molecule has 0 fully saturated rings. The lowest BCUT2D eigenvalue weighted by Crippen LogP contribution is -2.32. The third-order valence-corrected chi connectivity index (χ3v) is 10.1. The summed E-state index contributed by atoms with van der Waals surface area (Å²) in [5, 5.41) is 0. The Bertz CT molecular complexity index is 1440. The van der Waals surface area contributed by atoms with Crippen molar-refractivity contribution in [2.45, 2.75) is 103 Å². The molecule has 3 aliphatic carbocycles. The van der Waals surface area contributed by atoms with Crippen LogP contribution >= 0.6 is 0 Å². The molecule has 3 aromatic rings. The van der Waals surface area contributed by atoms with Crippen molar-refractivity contribution in [3.05, 3.63) is 106 Å². The van der Waals surface area contributed by atoms with E-state index in [9.17, 15) is 0 Å². The average molecular weight is 530 g/mol. The van der Waals surface area contributed by atoms with E-state index in [0.717, 1.165) is 6.42 Å². The van der Waals surface area contributed by atoms with Gasteiger partial charge in [-0.1, -0.05) is 119 Å². The number of benzene rings is 3. The van der Waals surface area contributed by atoms with Gasteiger partial charge in [-0.2, -0.15) is 0 Å². The van der Waals surface area contributed by atoms with Gasteiger partial charge in [0.1, 0.15) is 0 Å². The summed E-state index contributed by atoms with van der Waals surface area (Å²) in [5.74, 6) is 0. The number of hydrogen-bond donors (Lipinski definition) is 0. The van der Waals surface area contributed by atoms with Gasteiger partial charge in [-0.25, -0.2) is 0 Å². The Balaban J connectivity index is 1.32. The molecule has 208 valence electrons. The van der Waals surface area contributed by atoms with Crippen LogP contribution in [0.15, 0.2) is 72.8 Å². The molecule has 2 atom stereocenters.